The summed E-state index contributed by atoms with van der Waals surface area (Å²) in [6, 6.07) is 22.3. The Hall–Kier alpha value is -2.25. The number of nitrogens with zero attached hydrogens (tertiary/aromatic N) is 3. The molecule has 0 spiro atoms. The lowest BCUT2D eigenvalue weighted by Crippen LogP contribution is -2.39. The zero-order valence-corrected chi connectivity index (χ0v) is 22.0. The summed E-state index contributed by atoms with van der Waals surface area (Å²) in [5.41, 5.74) is 3.85. The Morgan fingerprint density at radius 1 is 0.971 bits per heavy atom. The van der Waals surface area contributed by atoms with Crippen molar-refractivity contribution in [2.45, 2.75) is 37.1 Å². The minimum Gasteiger partial charge on any atom is -0.293 e. The van der Waals surface area contributed by atoms with Crippen LogP contribution in [0.1, 0.15) is 32.4 Å². The van der Waals surface area contributed by atoms with Crippen LogP contribution in [0.4, 0.5) is 0 Å². The van der Waals surface area contributed by atoms with Gasteiger partial charge >= 0.3 is 0 Å². The van der Waals surface area contributed by atoms with Crippen molar-refractivity contribution < 1.29 is 4.21 Å². The molecule has 7 heteroatoms. The van der Waals surface area contributed by atoms with Gasteiger partial charge in [0.1, 0.15) is 0 Å². The molecule has 1 atom stereocenters. The van der Waals surface area contributed by atoms with E-state index in [2.05, 4.69) is 43.0 Å². The van der Waals surface area contributed by atoms with E-state index >= 15 is 0 Å². The number of thiophene rings is 1. The Morgan fingerprint density at radius 2 is 1.71 bits per heavy atom. The lowest BCUT2D eigenvalue weighted by molar-refractivity contribution is 0.150. The van der Waals surface area contributed by atoms with E-state index in [0.717, 1.165) is 50.4 Å². The third-order valence-corrected chi connectivity index (χ3v) is 9.02. The number of hydrogen-bond acceptors (Lipinski definition) is 4. The summed E-state index contributed by atoms with van der Waals surface area (Å²) in [5.74, 6) is 0. The molecule has 3 heterocycles. The van der Waals surface area contributed by atoms with Gasteiger partial charge in [0.2, 0.25) is 0 Å². The average molecular weight is 510 g/mol. The molecule has 2 aromatic carbocycles. The predicted molar refractivity (Wildman–Crippen MR) is 143 cm³/mol. The van der Waals surface area contributed by atoms with E-state index in [4.69, 9.17) is 16.7 Å². The number of rotatable bonds is 6. The minimum atomic E-state index is -1.01. The quantitative estimate of drug-likeness (QED) is 0.281. The van der Waals surface area contributed by atoms with E-state index in [0.29, 0.717) is 5.02 Å². The molecule has 0 saturated carbocycles. The minimum absolute atomic E-state index is 0.169. The van der Waals surface area contributed by atoms with Gasteiger partial charge in [-0.3, -0.25) is 9.11 Å². The van der Waals surface area contributed by atoms with Crippen LogP contribution in [0.2, 0.25) is 5.02 Å². The molecule has 0 radical (unpaired) electrons. The van der Waals surface area contributed by atoms with E-state index in [9.17, 15) is 4.21 Å². The van der Waals surface area contributed by atoms with Crippen LogP contribution in [0.5, 0.6) is 0 Å². The Bertz CT molecular complexity index is 1350. The van der Waals surface area contributed by atoms with E-state index in [1.165, 1.54) is 12.8 Å². The van der Waals surface area contributed by atoms with Crippen LogP contribution in [-0.4, -0.2) is 38.2 Å². The van der Waals surface area contributed by atoms with Crippen molar-refractivity contribution in [2.75, 3.05) is 19.3 Å². The monoisotopic (exact) mass is 509 g/mol. The van der Waals surface area contributed by atoms with Crippen LogP contribution < -0.4 is 0 Å². The number of benzene rings is 2. The molecule has 2 aromatic heterocycles. The number of halogens is 1. The van der Waals surface area contributed by atoms with Crippen molar-refractivity contribution >= 4 is 33.7 Å². The molecule has 4 aromatic rings. The largest absolute Gasteiger partial charge is 0.293 e. The molecule has 0 amide bonds. The van der Waals surface area contributed by atoms with Crippen molar-refractivity contribution in [1.82, 2.24) is 14.7 Å². The molecule has 34 heavy (non-hydrogen) atoms. The zero-order chi connectivity index (χ0) is 23.9. The summed E-state index contributed by atoms with van der Waals surface area (Å²) in [5, 5.41) is 5.78. The fourth-order valence-corrected chi connectivity index (χ4v) is 6.34. The van der Waals surface area contributed by atoms with Gasteiger partial charge in [-0.15, -0.1) is 11.3 Å². The average Bonchev–Trinajstić information content (AvgIpc) is 3.60. The summed E-state index contributed by atoms with van der Waals surface area (Å²) in [4.78, 5) is 5.61. The molecule has 1 unspecified atom stereocenters. The number of aromatic nitrogens is 2. The van der Waals surface area contributed by atoms with Crippen LogP contribution in [0.15, 0.2) is 71.6 Å². The predicted octanol–water partition coefficient (Wildman–Crippen LogP) is 6.99. The first-order valence-electron chi connectivity index (χ1n) is 11.5. The highest BCUT2D eigenvalue weighted by atomic mass is 35.5. The fraction of sp³-hybridized carbons (Fsp3) is 0.296. The standard InChI is InChI=1S/C27H28ClN3OS2/c1-27(2,30-15-6-7-16-30)26-18-23(31(29-26)22-12-5-4-11-21(22)28)25-14-13-24(33-25)19-9-8-10-20(17-19)34(3)32/h4-5,8-14,17-18H,6-7,15-16H2,1-3H3. The fourth-order valence-electron chi connectivity index (χ4n) is 4.56. The Kier molecular flexibility index (Phi) is 6.51. The number of para-hydroxylation sites is 1. The molecule has 176 valence electrons. The van der Waals surface area contributed by atoms with Crippen molar-refractivity contribution in [3.63, 3.8) is 0 Å². The van der Waals surface area contributed by atoms with Gasteiger partial charge in [0, 0.05) is 26.8 Å². The molecule has 1 aliphatic rings. The van der Waals surface area contributed by atoms with Crippen LogP contribution in [0.25, 0.3) is 26.7 Å². The third-order valence-electron chi connectivity index (χ3n) is 6.62. The summed E-state index contributed by atoms with van der Waals surface area (Å²) in [7, 11) is -1.01. The Labute approximate surface area is 212 Å². The highest BCUT2D eigenvalue weighted by molar-refractivity contribution is 7.84. The summed E-state index contributed by atoms with van der Waals surface area (Å²) in [6.07, 6.45) is 4.18. The van der Waals surface area contributed by atoms with Gasteiger partial charge in [-0.2, -0.15) is 5.10 Å². The zero-order valence-electron chi connectivity index (χ0n) is 19.6. The van der Waals surface area contributed by atoms with Crippen LogP contribution >= 0.6 is 22.9 Å². The molecule has 0 aliphatic carbocycles. The van der Waals surface area contributed by atoms with E-state index < -0.39 is 10.8 Å². The molecule has 0 N–H and O–H groups in total. The van der Waals surface area contributed by atoms with Crippen molar-refractivity contribution in [2.24, 2.45) is 0 Å². The molecular formula is C27H28ClN3OS2. The topological polar surface area (TPSA) is 38.1 Å². The maximum absolute atomic E-state index is 12.0. The van der Waals surface area contributed by atoms with Gasteiger partial charge in [0.15, 0.2) is 0 Å². The maximum Gasteiger partial charge on any atom is 0.0845 e. The molecule has 1 aliphatic heterocycles. The first kappa shape index (κ1) is 23.5. The molecule has 5 rings (SSSR count). The first-order valence-corrected chi connectivity index (χ1v) is 14.2. The van der Waals surface area contributed by atoms with Crippen molar-refractivity contribution in [1.29, 1.82) is 0 Å². The van der Waals surface area contributed by atoms with E-state index in [1.54, 1.807) is 17.6 Å². The van der Waals surface area contributed by atoms with Gasteiger partial charge in [-0.05, 0) is 87.8 Å². The molecule has 0 bridgehead atoms. The van der Waals surface area contributed by atoms with E-state index in [1.807, 2.05) is 47.1 Å². The summed E-state index contributed by atoms with van der Waals surface area (Å²) < 4.78 is 14.0. The Morgan fingerprint density at radius 3 is 2.44 bits per heavy atom. The van der Waals surface area contributed by atoms with Gasteiger partial charge in [-0.25, -0.2) is 4.68 Å². The third kappa shape index (κ3) is 4.40. The van der Waals surface area contributed by atoms with Crippen LogP contribution in [-0.2, 0) is 16.3 Å². The van der Waals surface area contributed by atoms with Crippen LogP contribution in [0.3, 0.4) is 0 Å². The van der Waals surface area contributed by atoms with Crippen LogP contribution in [0, 0.1) is 0 Å². The molecule has 1 fully saturated rings. The van der Waals surface area contributed by atoms with E-state index in [-0.39, 0.29) is 5.54 Å². The molecule has 4 nitrogen and oxygen atoms in total. The SMILES string of the molecule is CS(=O)c1cccc(-c2ccc(-c3cc(C(C)(C)N4CCCC4)nn3-c3ccccc3Cl)s2)c1. The van der Waals surface area contributed by atoms with Crippen molar-refractivity contribution in [3.05, 3.63) is 77.4 Å². The molecular weight excluding hydrogens is 482 g/mol. The molecule has 1 saturated heterocycles. The second-order valence-corrected chi connectivity index (χ2v) is 12.0. The van der Waals surface area contributed by atoms with Gasteiger partial charge in [0.25, 0.3) is 0 Å². The highest BCUT2D eigenvalue weighted by Crippen LogP contribution is 2.39. The second kappa shape index (κ2) is 9.42. The van der Waals surface area contributed by atoms with Crippen molar-refractivity contribution in [3.8, 4) is 26.7 Å². The van der Waals surface area contributed by atoms with Gasteiger partial charge < -0.3 is 0 Å². The maximum atomic E-state index is 12.0. The highest BCUT2D eigenvalue weighted by Gasteiger charge is 2.34. The Balaban J connectivity index is 1.61. The first-order chi connectivity index (χ1) is 16.3. The number of hydrogen-bond donors (Lipinski definition) is 0. The smallest absolute Gasteiger partial charge is 0.0845 e. The van der Waals surface area contributed by atoms with Gasteiger partial charge in [-0.1, -0.05) is 35.9 Å². The summed E-state index contributed by atoms with van der Waals surface area (Å²) >= 11 is 8.33. The number of likely N-dealkylation sites (tertiary alicyclic amines) is 1. The normalized spacial score (nSPS) is 15.6. The lowest BCUT2D eigenvalue weighted by atomic mass is 9.98. The second-order valence-electron chi connectivity index (χ2n) is 9.18. The lowest BCUT2D eigenvalue weighted by Gasteiger charge is -2.33. The summed E-state index contributed by atoms with van der Waals surface area (Å²) in [6.45, 7) is 6.72. The van der Waals surface area contributed by atoms with Gasteiger partial charge in [0.05, 0.1) is 32.5 Å².